The number of Topliss-reactive ketones (excluding diaryl/α,β-unsaturated/α-hetero) is 1. The van der Waals surface area contributed by atoms with E-state index in [4.69, 9.17) is 18.9 Å². The van der Waals surface area contributed by atoms with Crippen molar-refractivity contribution in [3.63, 3.8) is 0 Å². The van der Waals surface area contributed by atoms with Crippen LogP contribution in [0.15, 0.2) is 11.6 Å². The first-order valence-corrected chi connectivity index (χ1v) is 15.1. The summed E-state index contributed by atoms with van der Waals surface area (Å²) in [5.41, 5.74) is -1.64. The largest absolute Gasteiger partial charge is 0.509 e. The van der Waals surface area contributed by atoms with Gasteiger partial charge in [0.15, 0.2) is 18.0 Å². The van der Waals surface area contributed by atoms with Crippen molar-refractivity contribution >= 4 is 23.9 Å². The Morgan fingerprint density at radius 2 is 1.62 bits per heavy atom. The molecule has 1 N–H and O–H groups in total. The van der Waals surface area contributed by atoms with Crippen molar-refractivity contribution in [2.24, 2.45) is 28.6 Å². The number of unbranched alkanes of at least 4 members (excludes halogenated alkanes) is 2. The Kier molecular flexibility index (Phi) is 9.32. The van der Waals surface area contributed by atoms with Gasteiger partial charge in [0, 0.05) is 11.8 Å². The molecule has 0 aromatic rings. The van der Waals surface area contributed by atoms with Gasteiger partial charge >= 0.3 is 12.3 Å². The molecule has 0 aromatic carbocycles. The summed E-state index contributed by atoms with van der Waals surface area (Å²) in [6, 6.07) is 0. The molecular weight excluding hydrogens is 516 g/mol. The second-order valence-corrected chi connectivity index (χ2v) is 12.7. The van der Waals surface area contributed by atoms with Crippen LogP contribution >= 0.6 is 0 Å². The topological polar surface area (TPSA) is 125 Å². The summed E-state index contributed by atoms with van der Waals surface area (Å²) in [5.74, 6) is -0.325. The monoisotopic (exact) mass is 562 g/mol. The lowest BCUT2D eigenvalue weighted by atomic mass is 9.45. The molecule has 3 fully saturated rings. The minimum absolute atomic E-state index is 0.000741. The zero-order valence-corrected chi connectivity index (χ0v) is 24.5. The maximum atomic E-state index is 13.9. The lowest BCUT2D eigenvalue weighted by Gasteiger charge is -2.60. The first-order valence-electron chi connectivity index (χ1n) is 15.1. The highest BCUT2D eigenvalue weighted by molar-refractivity contribution is 5.93. The molecule has 40 heavy (non-hydrogen) atoms. The van der Waals surface area contributed by atoms with E-state index in [1.54, 1.807) is 6.08 Å². The quantitative estimate of drug-likeness (QED) is 0.263. The first-order chi connectivity index (χ1) is 19.0. The maximum Gasteiger partial charge on any atom is 0.509 e. The molecule has 0 unspecified atom stereocenters. The Labute approximate surface area is 237 Å². The van der Waals surface area contributed by atoms with Crippen LogP contribution < -0.4 is 0 Å². The van der Waals surface area contributed by atoms with E-state index in [-0.39, 0.29) is 55.0 Å². The van der Waals surface area contributed by atoms with Gasteiger partial charge in [-0.05, 0) is 80.6 Å². The zero-order valence-electron chi connectivity index (χ0n) is 24.5. The first kappa shape index (κ1) is 30.5. The van der Waals surface area contributed by atoms with Gasteiger partial charge < -0.3 is 24.1 Å². The summed E-state index contributed by atoms with van der Waals surface area (Å²) in [5, 5.41) is 11.7. The lowest BCUT2D eigenvalue weighted by molar-refractivity contribution is -0.187. The Balaban J connectivity index is 1.61. The SMILES string of the molecule is CCCCOC(=O)OCC(=O)[C@@]1(OC(=O)OCCCC)CC[C@H]2[C@@H]3CCC4=CC(=O)CC[C@]4(C)[C@H]3[C@@H](O)C[C@@]21C. The van der Waals surface area contributed by atoms with Crippen molar-refractivity contribution in [1.82, 2.24) is 0 Å². The number of aliphatic hydroxyl groups excluding tert-OH is 1. The Hall–Kier alpha value is -2.42. The Morgan fingerprint density at radius 3 is 2.30 bits per heavy atom. The van der Waals surface area contributed by atoms with Gasteiger partial charge in [0.05, 0.1) is 19.3 Å². The van der Waals surface area contributed by atoms with Gasteiger partial charge in [-0.3, -0.25) is 9.59 Å². The van der Waals surface area contributed by atoms with Crippen molar-refractivity contribution in [3.8, 4) is 0 Å². The van der Waals surface area contributed by atoms with Crippen LogP contribution in [-0.4, -0.2) is 60.5 Å². The molecule has 0 aromatic heterocycles. The van der Waals surface area contributed by atoms with Gasteiger partial charge in [-0.15, -0.1) is 0 Å². The van der Waals surface area contributed by atoms with E-state index in [2.05, 4.69) is 6.92 Å². The number of fused-ring (bicyclic) bond motifs is 5. The summed E-state index contributed by atoms with van der Waals surface area (Å²) in [7, 11) is 0. The number of hydrogen-bond donors (Lipinski definition) is 1. The molecule has 0 aliphatic heterocycles. The van der Waals surface area contributed by atoms with Crippen LogP contribution in [0, 0.1) is 28.6 Å². The van der Waals surface area contributed by atoms with Gasteiger partial charge in [0.1, 0.15) is 0 Å². The van der Waals surface area contributed by atoms with E-state index in [0.717, 1.165) is 31.3 Å². The summed E-state index contributed by atoms with van der Waals surface area (Å²) >= 11 is 0. The molecule has 9 nitrogen and oxygen atoms in total. The summed E-state index contributed by atoms with van der Waals surface area (Å²) in [4.78, 5) is 51.2. The molecule has 0 saturated heterocycles. The van der Waals surface area contributed by atoms with E-state index in [1.165, 1.54) is 0 Å². The van der Waals surface area contributed by atoms with Gasteiger partial charge in [0.2, 0.25) is 5.78 Å². The molecule has 0 amide bonds. The molecular formula is C31H46O9. The van der Waals surface area contributed by atoms with Crippen molar-refractivity contribution in [2.75, 3.05) is 19.8 Å². The fourth-order valence-corrected chi connectivity index (χ4v) is 8.41. The predicted molar refractivity (Wildman–Crippen MR) is 145 cm³/mol. The molecule has 4 rings (SSSR count). The standard InChI is InChI=1S/C31H46O9/c1-5-7-15-37-27(35)39-19-25(34)31(40-28(36)38-16-8-6-2)14-12-23-22-10-9-20-17-21(32)11-13-29(20,3)26(22)24(33)18-30(23,31)4/h17,22-24,26,33H,5-16,18-19H2,1-4H3/t22-,23-,24-,26+,29-,30-,31-/m0/s1. The van der Waals surface area contributed by atoms with E-state index in [9.17, 15) is 24.3 Å². The number of rotatable bonds is 10. The van der Waals surface area contributed by atoms with Crippen LogP contribution in [0.3, 0.4) is 0 Å². The van der Waals surface area contributed by atoms with Gasteiger partial charge in [-0.1, -0.05) is 46.1 Å². The molecule has 3 saturated carbocycles. The van der Waals surface area contributed by atoms with Gasteiger partial charge in [-0.2, -0.15) is 0 Å². The Morgan fingerprint density at radius 1 is 0.950 bits per heavy atom. The van der Waals surface area contributed by atoms with Crippen LogP contribution in [0.1, 0.15) is 98.3 Å². The summed E-state index contributed by atoms with van der Waals surface area (Å²) < 4.78 is 21.5. The zero-order chi connectivity index (χ0) is 29.1. The number of carbonyl (C=O) groups is 4. The third-order valence-electron chi connectivity index (χ3n) is 10.5. The number of aliphatic hydroxyl groups is 1. The average Bonchev–Trinajstić information content (AvgIpc) is 3.19. The molecule has 9 heteroatoms. The number of ketones is 2. The predicted octanol–water partition coefficient (Wildman–Crippen LogP) is 5.70. The minimum Gasteiger partial charge on any atom is -0.434 e. The van der Waals surface area contributed by atoms with E-state index >= 15 is 0 Å². The van der Waals surface area contributed by atoms with Crippen LogP contribution in [0.2, 0.25) is 0 Å². The second-order valence-electron chi connectivity index (χ2n) is 12.7. The molecule has 4 aliphatic carbocycles. The molecule has 0 spiro atoms. The Bertz CT molecular complexity index is 1020. The highest BCUT2D eigenvalue weighted by Crippen LogP contribution is 2.68. The van der Waals surface area contributed by atoms with Crippen LogP contribution in [0.5, 0.6) is 0 Å². The second kappa shape index (κ2) is 12.2. The summed E-state index contributed by atoms with van der Waals surface area (Å²) in [6.45, 7) is 7.83. The highest BCUT2D eigenvalue weighted by Gasteiger charge is 2.70. The van der Waals surface area contributed by atoms with E-state index < -0.39 is 41.8 Å². The van der Waals surface area contributed by atoms with Gasteiger partial charge in [0.25, 0.3) is 0 Å². The summed E-state index contributed by atoms with van der Waals surface area (Å²) in [6.07, 6.45) is 6.11. The number of ether oxygens (including phenoxy) is 4. The van der Waals surface area contributed by atoms with Crippen LogP contribution in [0.4, 0.5) is 9.59 Å². The fraction of sp³-hybridized carbons (Fsp3) is 0.806. The average molecular weight is 563 g/mol. The van der Waals surface area contributed by atoms with Crippen LogP contribution in [-0.2, 0) is 28.5 Å². The number of carbonyl (C=O) groups excluding carboxylic acids is 4. The van der Waals surface area contributed by atoms with Gasteiger partial charge in [-0.25, -0.2) is 9.59 Å². The van der Waals surface area contributed by atoms with Crippen molar-refractivity contribution in [2.45, 2.75) is 110 Å². The molecule has 224 valence electrons. The molecule has 0 bridgehead atoms. The third-order valence-corrected chi connectivity index (χ3v) is 10.5. The lowest BCUT2D eigenvalue weighted by Crippen LogP contribution is -2.63. The highest BCUT2D eigenvalue weighted by atomic mass is 16.7. The van der Waals surface area contributed by atoms with Crippen molar-refractivity contribution in [1.29, 1.82) is 0 Å². The van der Waals surface area contributed by atoms with Crippen molar-refractivity contribution < 1.29 is 43.2 Å². The number of allylic oxidation sites excluding steroid dienone is 1. The minimum atomic E-state index is -1.60. The maximum absolute atomic E-state index is 13.9. The molecule has 0 radical (unpaired) electrons. The molecule has 4 aliphatic rings. The molecule has 7 atom stereocenters. The van der Waals surface area contributed by atoms with Crippen LogP contribution in [0.25, 0.3) is 0 Å². The van der Waals surface area contributed by atoms with E-state index in [0.29, 0.717) is 32.1 Å². The van der Waals surface area contributed by atoms with E-state index in [1.807, 2.05) is 20.8 Å². The van der Waals surface area contributed by atoms with Crippen molar-refractivity contribution in [3.05, 3.63) is 11.6 Å². The third kappa shape index (κ3) is 5.42. The smallest absolute Gasteiger partial charge is 0.434 e. The number of hydrogen-bond acceptors (Lipinski definition) is 9. The fourth-order valence-electron chi connectivity index (χ4n) is 8.41. The molecule has 0 heterocycles. The normalized spacial score (nSPS) is 36.4.